The molecular formula is C15H12O3. The highest BCUT2D eigenvalue weighted by molar-refractivity contribution is 5.91. The van der Waals surface area contributed by atoms with Crippen molar-refractivity contribution in [2.24, 2.45) is 0 Å². The van der Waals surface area contributed by atoms with Gasteiger partial charge in [0, 0.05) is 12.5 Å². The largest absolute Gasteiger partial charge is 0.461 e. The zero-order chi connectivity index (χ0) is 12.5. The molecule has 0 unspecified atom stereocenters. The number of rotatable bonds is 1. The van der Waals surface area contributed by atoms with Gasteiger partial charge in [-0.1, -0.05) is 24.3 Å². The van der Waals surface area contributed by atoms with Gasteiger partial charge in [0.1, 0.15) is 0 Å². The van der Waals surface area contributed by atoms with Crippen LogP contribution in [0.1, 0.15) is 12.5 Å². The number of hydrogen-bond acceptors (Lipinski definition) is 3. The first kappa shape index (κ1) is 10.8. The van der Waals surface area contributed by atoms with Crippen LogP contribution in [0.4, 0.5) is 0 Å². The van der Waals surface area contributed by atoms with Crippen molar-refractivity contribution >= 4 is 16.7 Å². The number of carbonyl (C=O) groups excluding carboxylic acids is 1. The SMILES string of the molecule is CC(=O)Oc1cc2ccccc2c2c1OC=CC2. The average Bonchev–Trinajstić information content (AvgIpc) is 2.38. The fraction of sp³-hybridized carbons (Fsp3) is 0.133. The summed E-state index contributed by atoms with van der Waals surface area (Å²) in [7, 11) is 0. The molecular weight excluding hydrogens is 228 g/mol. The number of hydrogen-bond donors (Lipinski definition) is 0. The predicted octanol–water partition coefficient (Wildman–Crippen LogP) is 3.21. The van der Waals surface area contributed by atoms with E-state index < -0.39 is 0 Å². The van der Waals surface area contributed by atoms with Gasteiger partial charge in [-0.3, -0.25) is 4.79 Å². The standard InChI is InChI=1S/C15H12O3/c1-10(16)18-14-9-11-5-2-3-6-12(11)13-7-4-8-17-15(13)14/h2-6,8-9H,7H2,1H3. The summed E-state index contributed by atoms with van der Waals surface area (Å²) in [6.07, 6.45) is 4.36. The van der Waals surface area contributed by atoms with Crippen molar-refractivity contribution < 1.29 is 14.3 Å². The molecule has 0 aromatic heterocycles. The van der Waals surface area contributed by atoms with Crippen LogP contribution in [0.3, 0.4) is 0 Å². The summed E-state index contributed by atoms with van der Waals surface area (Å²) in [5, 5.41) is 2.18. The van der Waals surface area contributed by atoms with Gasteiger partial charge in [-0.2, -0.15) is 0 Å². The molecule has 18 heavy (non-hydrogen) atoms. The van der Waals surface area contributed by atoms with Gasteiger partial charge in [0.05, 0.1) is 6.26 Å². The second-order valence-corrected chi connectivity index (χ2v) is 4.19. The normalized spacial score (nSPS) is 12.9. The molecule has 0 saturated carbocycles. The molecule has 1 aliphatic rings. The molecule has 3 rings (SSSR count). The molecule has 3 nitrogen and oxygen atoms in total. The molecule has 2 aromatic rings. The molecule has 1 aliphatic heterocycles. The van der Waals surface area contributed by atoms with Crippen molar-refractivity contribution in [2.75, 3.05) is 0 Å². The Hall–Kier alpha value is -2.29. The minimum absolute atomic E-state index is 0.342. The molecule has 0 radical (unpaired) electrons. The summed E-state index contributed by atoms with van der Waals surface area (Å²) in [5.41, 5.74) is 1.06. The summed E-state index contributed by atoms with van der Waals surface area (Å²) in [6.45, 7) is 1.39. The fourth-order valence-electron chi connectivity index (χ4n) is 2.22. The quantitative estimate of drug-likeness (QED) is 0.567. The number of ether oxygens (including phenoxy) is 2. The highest BCUT2D eigenvalue weighted by Crippen LogP contribution is 2.40. The molecule has 0 amide bonds. The van der Waals surface area contributed by atoms with E-state index in [2.05, 4.69) is 0 Å². The molecule has 0 aliphatic carbocycles. The first-order chi connectivity index (χ1) is 8.75. The van der Waals surface area contributed by atoms with Crippen LogP contribution < -0.4 is 9.47 Å². The van der Waals surface area contributed by atoms with E-state index in [1.165, 1.54) is 6.92 Å². The number of allylic oxidation sites excluding steroid dienone is 1. The van der Waals surface area contributed by atoms with Crippen LogP contribution in [0.25, 0.3) is 10.8 Å². The van der Waals surface area contributed by atoms with Crippen molar-refractivity contribution in [1.82, 2.24) is 0 Å². The molecule has 0 bridgehead atoms. The smallest absolute Gasteiger partial charge is 0.308 e. The van der Waals surface area contributed by atoms with Gasteiger partial charge in [0.15, 0.2) is 11.5 Å². The van der Waals surface area contributed by atoms with Crippen molar-refractivity contribution in [3.63, 3.8) is 0 Å². The van der Waals surface area contributed by atoms with Crippen LogP contribution in [0.2, 0.25) is 0 Å². The third kappa shape index (κ3) is 1.74. The van der Waals surface area contributed by atoms with E-state index in [1.54, 1.807) is 6.26 Å². The second-order valence-electron chi connectivity index (χ2n) is 4.19. The van der Waals surface area contributed by atoms with E-state index in [0.29, 0.717) is 11.5 Å². The molecule has 0 saturated heterocycles. The lowest BCUT2D eigenvalue weighted by Gasteiger charge is -2.17. The Bertz CT molecular complexity index is 656. The Morgan fingerprint density at radius 1 is 1.33 bits per heavy atom. The maximum atomic E-state index is 11.1. The molecule has 3 heteroatoms. The first-order valence-electron chi connectivity index (χ1n) is 5.80. The van der Waals surface area contributed by atoms with E-state index in [9.17, 15) is 4.79 Å². The van der Waals surface area contributed by atoms with Crippen molar-refractivity contribution in [1.29, 1.82) is 0 Å². The fourth-order valence-corrected chi connectivity index (χ4v) is 2.22. The van der Waals surface area contributed by atoms with E-state index in [4.69, 9.17) is 9.47 Å². The van der Waals surface area contributed by atoms with Gasteiger partial charge in [-0.05, 0) is 29.3 Å². The third-order valence-corrected chi connectivity index (χ3v) is 2.93. The molecule has 2 aromatic carbocycles. The summed E-state index contributed by atoms with van der Waals surface area (Å²) < 4.78 is 10.7. The molecule has 1 heterocycles. The van der Waals surface area contributed by atoms with Gasteiger partial charge < -0.3 is 9.47 Å². The van der Waals surface area contributed by atoms with E-state index in [-0.39, 0.29) is 5.97 Å². The van der Waals surface area contributed by atoms with Gasteiger partial charge in [0.2, 0.25) is 0 Å². The number of benzene rings is 2. The molecule has 0 atom stereocenters. The number of esters is 1. The minimum Gasteiger partial charge on any atom is -0.461 e. The lowest BCUT2D eigenvalue weighted by Crippen LogP contribution is -2.06. The van der Waals surface area contributed by atoms with Gasteiger partial charge >= 0.3 is 5.97 Å². The maximum Gasteiger partial charge on any atom is 0.308 e. The van der Waals surface area contributed by atoms with Crippen LogP contribution >= 0.6 is 0 Å². The van der Waals surface area contributed by atoms with Crippen LogP contribution in [-0.4, -0.2) is 5.97 Å². The van der Waals surface area contributed by atoms with Crippen LogP contribution in [0.15, 0.2) is 42.7 Å². The zero-order valence-corrected chi connectivity index (χ0v) is 9.97. The van der Waals surface area contributed by atoms with Crippen LogP contribution in [-0.2, 0) is 11.2 Å². The third-order valence-electron chi connectivity index (χ3n) is 2.93. The summed E-state index contributed by atoms with van der Waals surface area (Å²) in [5.74, 6) is 0.789. The molecule has 0 fully saturated rings. The first-order valence-corrected chi connectivity index (χ1v) is 5.80. The lowest BCUT2D eigenvalue weighted by molar-refractivity contribution is -0.131. The monoisotopic (exact) mass is 240 g/mol. The van der Waals surface area contributed by atoms with E-state index >= 15 is 0 Å². The van der Waals surface area contributed by atoms with Crippen LogP contribution in [0.5, 0.6) is 11.5 Å². The van der Waals surface area contributed by atoms with E-state index in [1.807, 2.05) is 36.4 Å². The number of carbonyl (C=O) groups is 1. The molecule has 0 N–H and O–H groups in total. The molecule has 0 spiro atoms. The van der Waals surface area contributed by atoms with Gasteiger partial charge in [0.25, 0.3) is 0 Å². The minimum atomic E-state index is -0.342. The Balaban J connectivity index is 2.27. The van der Waals surface area contributed by atoms with Crippen molar-refractivity contribution in [3.05, 3.63) is 48.2 Å². The summed E-state index contributed by atoms with van der Waals surface area (Å²) in [6, 6.07) is 9.85. The Morgan fingerprint density at radius 2 is 2.17 bits per heavy atom. The predicted molar refractivity (Wildman–Crippen MR) is 68.7 cm³/mol. The summed E-state index contributed by atoms with van der Waals surface area (Å²) >= 11 is 0. The second kappa shape index (κ2) is 4.18. The number of fused-ring (bicyclic) bond motifs is 3. The zero-order valence-electron chi connectivity index (χ0n) is 9.97. The van der Waals surface area contributed by atoms with Crippen molar-refractivity contribution in [2.45, 2.75) is 13.3 Å². The van der Waals surface area contributed by atoms with Gasteiger partial charge in [-0.15, -0.1) is 0 Å². The topological polar surface area (TPSA) is 35.5 Å². The highest BCUT2D eigenvalue weighted by Gasteiger charge is 2.18. The van der Waals surface area contributed by atoms with Crippen molar-refractivity contribution in [3.8, 4) is 11.5 Å². The van der Waals surface area contributed by atoms with Crippen LogP contribution in [0, 0.1) is 0 Å². The lowest BCUT2D eigenvalue weighted by atomic mass is 9.99. The van der Waals surface area contributed by atoms with E-state index in [0.717, 1.165) is 22.8 Å². The Kier molecular flexibility index (Phi) is 2.52. The Labute approximate surface area is 105 Å². The molecule has 90 valence electrons. The highest BCUT2D eigenvalue weighted by atomic mass is 16.6. The Morgan fingerprint density at radius 3 is 3.00 bits per heavy atom. The average molecular weight is 240 g/mol. The summed E-state index contributed by atoms with van der Waals surface area (Å²) in [4.78, 5) is 11.1. The van der Waals surface area contributed by atoms with Gasteiger partial charge in [-0.25, -0.2) is 0 Å². The maximum absolute atomic E-state index is 11.1.